The van der Waals surface area contributed by atoms with Gasteiger partial charge in [-0.25, -0.2) is 4.79 Å². The Morgan fingerprint density at radius 1 is 1.21 bits per heavy atom. The molecular formula is C26H33ClF2N4O5. The molecule has 2 N–H and O–H groups in total. The second-order valence-corrected chi connectivity index (χ2v) is 10.6. The number of ether oxygens (including phenoxy) is 2. The zero-order valence-electron chi connectivity index (χ0n) is 21.5. The predicted octanol–water partition coefficient (Wildman–Crippen LogP) is 4.72. The molecule has 38 heavy (non-hydrogen) atoms. The van der Waals surface area contributed by atoms with Crippen LogP contribution in [-0.2, 0) is 19.9 Å². The lowest BCUT2D eigenvalue weighted by Gasteiger charge is -2.44. The van der Waals surface area contributed by atoms with Crippen molar-refractivity contribution in [3.8, 4) is 5.75 Å². The normalized spacial score (nSPS) is 22.0. The first kappa shape index (κ1) is 28.3. The molecule has 0 saturated carbocycles. The molecule has 0 bridgehead atoms. The molecule has 1 aromatic carbocycles. The number of rotatable bonds is 9. The molecule has 1 aromatic heterocycles. The number of alkyl halides is 2. The number of piperidine rings is 1. The first-order valence-corrected chi connectivity index (χ1v) is 13.1. The molecule has 3 heterocycles. The summed E-state index contributed by atoms with van der Waals surface area (Å²) in [5.74, 6) is -1.57. The second kappa shape index (κ2) is 11.5. The maximum atomic E-state index is 14.0. The van der Waals surface area contributed by atoms with E-state index in [1.165, 1.54) is 18.2 Å². The number of carboxylic acids is 1. The molecule has 4 rings (SSSR count). The van der Waals surface area contributed by atoms with Gasteiger partial charge in [0.2, 0.25) is 0 Å². The maximum Gasteiger partial charge on any atom is 0.387 e. The quantitative estimate of drug-likeness (QED) is 0.462. The van der Waals surface area contributed by atoms with Crippen LogP contribution in [0.25, 0.3) is 0 Å². The number of hydrogen-bond donors (Lipinski definition) is 2. The van der Waals surface area contributed by atoms with Crippen molar-refractivity contribution in [1.82, 2.24) is 14.7 Å². The highest BCUT2D eigenvalue weighted by molar-refractivity contribution is 6.30. The van der Waals surface area contributed by atoms with Crippen LogP contribution in [0.3, 0.4) is 0 Å². The average Bonchev–Trinajstić information content (AvgIpc) is 3.37. The summed E-state index contributed by atoms with van der Waals surface area (Å²) in [6.45, 7) is 2.37. The molecule has 0 unspecified atom stereocenters. The van der Waals surface area contributed by atoms with Crippen molar-refractivity contribution < 1.29 is 33.0 Å². The first-order chi connectivity index (χ1) is 18.1. The summed E-state index contributed by atoms with van der Waals surface area (Å²) < 4.78 is 38.2. The Balaban J connectivity index is 1.62. The van der Waals surface area contributed by atoms with E-state index in [0.717, 1.165) is 18.5 Å². The van der Waals surface area contributed by atoms with E-state index in [1.807, 2.05) is 24.8 Å². The van der Waals surface area contributed by atoms with E-state index < -0.39 is 29.6 Å². The van der Waals surface area contributed by atoms with Gasteiger partial charge in [0.25, 0.3) is 5.91 Å². The van der Waals surface area contributed by atoms with Gasteiger partial charge in [0.05, 0.1) is 5.69 Å². The highest BCUT2D eigenvalue weighted by Crippen LogP contribution is 2.38. The van der Waals surface area contributed by atoms with Crippen molar-refractivity contribution in [3.05, 3.63) is 41.2 Å². The van der Waals surface area contributed by atoms with Gasteiger partial charge in [-0.05, 0) is 56.2 Å². The summed E-state index contributed by atoms with van der Waals surface area (Å²) in [5.41, 5.74) is -1.47. The number of aromatic nitrogens is 2. The SMILES string of the molecule is CC(C)c1ccnn1C1(C(=O)Nc2ccc(Cl)cc2OC(F)F)CCN(C[C@@]2(C(=O)O)CCCCO2)CC1. The van der Waals surface area contributed by atoms with Gasteiger partial charge in [0, 0.05) is 49.2 Å². The Hall–Kier alpha value is -2.76. The van der Waals surface area contributed by atoms with E-state index in [4.69, 9.17) is 16.3 Å². The fourth-order valence-corrected chi connectivity index (χ4v) is 5.49. The summed E-state index contributed by atoms with van der Waals surface area (Å²) in [4.78, 5) is 28.1. The van der Waals surface area contributed by atoms with Crippen LogP contribution in [0, 0.1) is 0 Å². The van der Waals surface area contributed by atoms with Crippen molar-refractivity contribution in [2.45, 2.75) is 69.6 Å². The molecule has 9 nitrogen and oxygen atoms in total. The number of nitrogens with zero attached hydrogens (tertiary/aromatic N) is 3. The Morgan fingerprint density at radius 3 is 2.55 bits per heavy atom. The number of hydrogen-bond acceptors (Lipinski definition) is 6. The highest BCUT2D eigenvalue weighted by atomic mass is 35.5. The minimum atomic E-state index is -3.09. The van der Waals surface area contributed by atoms with Crippen molar-refractivity contribution in [2.75, 3.05) is 31.6 Å². The molecule has 2 aliphatic heterocycles. The van der Waals surface area contributed by atoms with Crippen molar-refractivity contribution in [2.24, 2.45) is 0 Å². The van der Waals surface area contributed by atoms with Crippen LogP contribution in [0.1, 0.15) is 57.6 Å². The van der Waals surface area contributed by atoms with E-state index in [0.29, 0.717) is 39.0 Å². The molecule has 1 amide bonds. The summed E-state index contributed by atoms with van der Waals surface area (Å²) in [7, 11) is 0. The number of benzene rings is 1. The van der Waals surface area contributed by atoms with Crippen molar-refractivity contribution in [3.63, 3.8) is 0 Å². The van der Waals surface area contributed by atoms with E-state index in [-0.39, 0.29) is 28.9 Å². The monoisotopic (exact) mass is 554 g/mol. The number of carbonyl (C=O) groups is 2. The van der Waals surface area contributed by atoms with E-state index >= 15 is 0 Å². The number of halogens is 3. The van der Waals surface area contributed by atoms with E-state index in [9.17, 15) is 23.5 Å². The van der Waals surface area contributed by atoms with Crippen molar-refractivity contribution in [1.29, 1.82) is 0 Å². The predicted molar refractivity (Wildman–Crippen MR) is 137 cm³/mol. The summed E-state index contributed by atoms with van der Waals surface area (Å²) in [5, 5.41) is 17.4. The van der Waals surface area contributed by atoms with Gasteiger partial charge in [-0.15, -0.1) is 0 Å². The van der Waals surface area contributed by atoms with Gasteiger partial charge in [0.1, 0.15) is 5.54 Å². The third-order valence-electron chi connectivity index (χ3n) is 7.40. The smallest absolute Gasteiger partial charge is 0.387 e. The van der Waals surface area contributed by atoms with Crippen LogP contribution in [0.2, 0.25) is 5.02 Å². The number of nitrogens with one attached hydrogen (secondary N) is 1. The first-order valence-electron chi connectivity index (χ1n) is 12.8. The summed E-state index contributed by atoms with van der Waals surface area (Å²) >= 11 is 5.97. The summed E-state index contributed by atoms with van der Waals surface area (Å²) in [6.07, 6.45) is 4.34. The number of anilines is 1. The van der Waals surface area contributed by atoms with Crippen LogP contribution in [0.5, 0.6) is 5.75 Å². The third-order valence-corrected chi connectivity index (χ3v) is 7.64. The Bertz CT molecular complexity index is 1140. The average molecular weight is 555 g/mol. The van der Waals surface area contributed by atoms with Gasteiger partial charge >= 0.3 is 12.6 Å². The Morgan fingerprint density at radius 2 is 1.95 bits per heavy atom. The molecule has 2 aromatic rings. The van der Waals surface area contributed by atoms with Gasteiger partial charge in [-0.2, -0.15) is 13.9 Å². The van der Waals surface area contributed by atoms with Gasteiger partial charge in [-0.1, -0.05) is 25.4 Å². The number of aliphatic carboxylic acids is 1. The van der Waals surface area contributed by atoms with Gasteiger partial charge in [-0.3, -0.25) is 14.4 Å². The molecule has 0 aliphatic carbocycles. The van der Waals surface area contributed by atoms with Gasteiger partial charge in [0.15, 0.2) is 11.4 Å². The van der Waals surface area contributed by atoms with Crippen LogP contribution in [0.4, 0.5) is 14.5 Å². The molecule has 2 fully saturated rings. The summed E-state index contributed by atoms with van der Waals surface area (Å²) in [6, 6.07) is 5.98. The molecule has 0 spiro atoms. The minimum absolute atomic E-state index is 0.0689. The van der Waals surface area contributed by atoms with E-state index in [1.54, 1.807) is 10.9 Å². The zero-order valence-corrected chi connectivity index (χ0v) is 22.2. The minimum Gasteiger partial charge on any atom is -0.479 e. The number of likely N-dealkylation sites (tertiary alicyclic amines) is 1. The molecular weight excluding hydrogens is 522 g/mol. The Kier molecular flexibility index (Phi) is 8.59. The van der Waals surface area contributed by atoms with Crippen LogP contribution in [-0.4, -0.2) is 70.1 Å². The fraction of sp³-hybridized carbons (Fsp3) is 0.577. The van der Waals surface area contributed by atoms with Crippen LogP contribution < -0.4 is 10.1 Å². The number of carbonyl (C=O) groups excluding carboxylic acids is 1. The number of carboxylic acid groups (broad SMARTS) is 1. The lowest BCUT2D eigenvalue weighted by Crippen LogP contribution is -2.58. The standard InChI is InChI=1S/C26H33ClF2N4O5/c1-17(2)20-7-11-30-33(20)25(22(34)31-19-6-5-18(27)15-21(19)38-24(28)29)9-12-32(13-10-25)16-26(23(35)36)8-3-4-14-37-26/h5-7,11,15,17,24H,3-4,8-10,12-14,16H2,1-2H3,(H,31,34)(H,35,36)/t26-/m1/s1. The molecule has 2 saturated heterocycles. The fourth-order valence-electron chi connectivity index (χ4n) is 5.33. The zero-order chi connectivity index (χ0) is 27.5. The lowest BCUT2D eigenvalue weighted by atomic mass is 9.84. The second-order valence-electron chi connectivity index (χ2n) is 10.2. The van der Waals surface area contributed by atoms with Crippen LogP contribution >= 0.6 is 11.6 Å². The largest absolute Gasteiger partial charge is 0.479 e. The van der Waals surface area contributed by atoms with Crippen molar-refractivity contribution >= 4 is 29.2 Å². The molecule has 12 heteroatoms. The molecule has 2 aliphatic rings. The van der Waals surface area contributed by atoms with Gasteiger partial charge < -0.3 is 19.9 Å². The maximum absolute atomic E-state index is 14.0. The highest BCUT2D eigenvalue weighted by Gasteiger charge is 2.48. The number of amides is 1. The molecule has 208 valence electrons. The molecule has 1 atom stereocenters. The van der Waals surface area contributed by atoms with Crippen LogP contribution in [0.15, 0.2) is 30.5 Å². The Labute approximate surface area is 225 Å². The van der Waals surface area contributed by atoms with E-state index in [2.05, 4.69) is 15.2 Å². The third kappa shape index (κ3) is 5.79. The lowest BCUT2D eigenvalue weighted by molar-refractivity contribution is -0.176. The molecule has 0 radical (unpaired) electrons. The topological polar surface area (TPSA) is 106 Å².